The van der Waals surface area contributed by atoms with Crippen molar-refractivity contribution in [3.05, 3.63) is 71.3 Å². The molecule has 2 heterocycles. The fourth-order valence-corrected chi connectivity index (χ4v) is 2.45. The van der Waals surface area contributed by atoms with Gasteiger partial charge < -0.3 is 4.42 Å². The van der Waals surface area contributed by atoms with Crippen LogP contribution in [0.5, 0.6) is 0 Å². The molecule has 0 unspecified atom stereocenters. The monoisotopic (exact) mass is 274 g/mol. The Labute approximate surface area is 119 Å². The Morgan fingerprint density at radius 1 is 0.905 bits per heavy atom. The molecule has 0 atom stereocenters. The van der Waals surface area contributed by atoms with Crippen molar-refractivity contribution in [1.82, 2.24) is 9.97 Å². The van der Waals surface area contributed by atoms with Crippen molar-refractivity contribution in [2.45, 2.75) is 0 Å². The first-order chi connectivity index (χ1) is 10.3. The fraction of sp³-hybridized carbons (Fsp3) is 0. The van der Waals surface area contributed by atoms with Gasteiger partial charge in [0.1, 0.15) is 0 Å². The summed E-state index contributed by atoms with van der Waals surface area (Å²) in [6, 6.07) is 15.4. The van der Waals surface area contributed by atoms with E-state index in [9.17, 15) is 4.79 Å². The van der Waals surface area contributed by atoms with Crippen molar-refractivity contribution in [2.24, 2.45) is 0 Å². The van der Waals surface area contributed by atoms with Crippen LogP contribution in [0.25, 0.3) is 33.1 Å². The van der Waals surface area contributed by atoms with Gasteiger partial charge in [0.2, 0.25) is 5.89 Å². The summed E-state index contributed by atoms with van der Waals surface area (Å²) in [7, 11) is 0. The zero-order chi connectivity index (χ0) is 14.2. The van der Waals surface area contributed by atoms with Crippen LogP contribution in [0.15, 0.2) is 70.1 Å². The SMILES string of the molecule is O=c1oc(-c2cccc3ccccc23)nc2cnccc12. The minimum Gasteiger partial charge on any atom is -0.403 e. The molecule has 100 valence electrons. The highest BCUT2D eigenvalue weighted by Gasteiger charge is 2.10. The maximum absolute atomic E-state index is 12.1. The highest BCUT2D eigenvalue weighted by Crippen LogP contribution is 2.27. The summed E-state index contributed by atoms with van der Waals surface area (Å²) in [5.74, 6) is 0.317. The van der Waals surface area contributed by atoms with Crippen LogP contribution in [0.2, 0.25) is 0 Å². The van der Waals surface area contributed by atoms with E-state index in [-0.39, 0.29) is 0 Å². The van der Waals surface area contributed by atoms with E-state index in [2.05, 4.69) is 9.97 Å². The Hall–Kier alpha value is -3.01. The molecule has 0 N–H and O–H groups in total. The zero-order valence-corrected chi connectivity index (χ0v) is 11.0. The smallest absolute Gasteiger partial charge is 0.347 e. The third kappa shape index (κ3) is 1.89. The molecule has 21 heavy (non-hydrogen) atoms. The van der Waals surface area contributed by atoms with Gasteiger partial charge in [-0.05, 0) is 22.9 Å². The number of hydrogen-bond donors (Lipinski definition) is 0. The maximum atomic E-state index is 12.1. The lowest BCUT2D eigenvalue weighted by Crippen LogP contribution is -2.03. The quantitative estimate of drug-likeness (QED) is 0.534. The Morgan fingerprint density at radius 3 is 2.71 bits per heavy atom. The Kier molecular flexibility index (Phi) is 2.54. The predicted octanol–water partition coefficient (Wildman–Crippen LogP) is 3.40. The fourth-order valence-electron chi connectivity index (χ4n) is 2.45. The summed E-state index contributed by atoms with van der Waals surface area (Å²) in [6.07, 6.45) is 3.12. The molecule has 0 aliphatic heterocycles. The molecule has 0 aliphatic carbocycles. The standard InChI is InChI=1S/C17H10N2O2/c20-17-14-8-9-18-10-15(14)19-16(21-17)13-7-3-5-11-4-1-2-6-12(11)13/h1-10H. The van der Waals surface area contributed by atoms with Gasteiger partial charge in [-0.15, -0.1) is 0 Å². The highest BCUT2D eigenvalue weighted by molar-refractivity contribution is 5.95. The van der Waals surface area contributed by atoms with Gasteiger partial charge in [0.25, 0.3) is 0 Å². The number of pyridine rings is 1. The number of fused-ring (bicyclic) bond motifs is 2. The Balaban J connectivity index is 2.07. The van der Waals surface area contributed by atoms with Crippen LogP contribution < -0.4 is 5.63 Å². The van der Waals surface area contributed by atoms with Gasteiger partial charge in [-0.1, -0.05) is 36.4 Å². The molecular weight excluding hydrogens is 264 g/mol. The van der Waals surface area contributed by atoms with E-state index in [0.717, 1.165) is 16.3 Å². The van der Waals surface area contributed by atoms with Gasteiger partial charge >= 0.3 is 5.63 Å². The number of nitrogens with zero attached hydrogens (tertiary/aromatic N) is 2. The average Bonchev–Trinajstić information content (AvgIpc) is 2.54. The van der Waals surface area contributed by atoms with Gasteiger partial charge in [-0.25, -0.2) is 9.78 Å². The lowest BCUT2D eigenvalue weighted by molar-refractivity contribution is 0.519. The molecular formula is C17H10N2O2. The molecule has 0 radical (unpaired) electrons. The average molecular weight is 274 g/mol. The summed E-state index contributed by atoms with van der Waals surface area (Å²) in [4.78, 5) is 20.5. The molecule has 0 saturated heterocycles. The second-order valence-electron chi connectivity index (χ2n) is 4.73. The van der Waals surface area contributed by atoms with E-state index in [1.807, 2.05) is 42.5 Å². The second kappa shape index (κ2) is 4.52. The van der Waals surface area contributed by atoms with Crippen molar-refractivity contribution >= 4 is 21.7 Å². The molecule has 0 fully saturated rings. The number of hydrogen-bond acceptors (Lipinski definition) is 4. The molecule has 0 aliphatic rings. The van der Waals surface area contributed by atoms with Crippen LogP contribution >= 0.6 is 0 Å². The van der Waals surface area contributed by atoms with Crippen molar-refractivity contribution in [3.8, 4) is 11.5 Å². The van der Waals surface area contributed by atoms with Crippen molar-refractivity contribution in [2.75, 3.05) is 0 Å². The molecule has 2 aromatic carbocycles. The van der Waals surface area contributed by atoms with Gasteiger partial charge in [0.05, 0.1) is 17.1 Å². The van der Waals surface area contributed by atoms with E-state index < -0.39 is 5.63 Å². The first-order valence-electron chi connectivity index (χ1n) is 6.56. The first-order valence-corrected chi connectivity index (χ1v) is 6.56. The summed E-state index contributed by atoms with van der Waals surface area (Å²) < 4.78 is 5.39. The molecule has 4 nitrogen and oxygen atoms in total. The predicted molar refractivity (Wildman–Crippen MR) is 81.0 cm³/mol. The molecule has 0 bridgehead atoms. The Bertz CT molecular complexity index is 1020. The van der Waals surface area contributed by atoms with E-state index in [1.54, 1.807) is 18.5 Å². The summed E-state index contributed by atoms with van der Waals surface area (Å²) in [5, 5.41) is 2.51. The molecule has 0 spiro atoms. The highest BCUT2D eigenvalue weighted by atomic mass is 16.4. The normalized spacial score (nSPS) is 11.0. The van der Waals surface area contributed by atoms with Crippen molar-refractivity contribution in [1.29, 1.82) is 0 Å². The van der Waals surface area contributed by atoms with Crippen LogP contribution in [0.1, 0.15) is 0 Å². The molecule has 2 aromatic heterocycles. The lowest BCUT2D eigenvalue weighted by Gasteiger charge is -2.05. The minimum absolute atomic E-state index is 0.317. The Morgan fingerprint density at radius 2 is 1.76 bits per heavy atom. The summed E-state index contributed by atoms with van der Waals surface area (Å²) in [6.45, 7) is 0. The number of aromatic nitrogens is 2. The number of rotatable bonds is 1. The van der Waals surface area contributed by atoms with E-state index in [4.69, 9.17) is 4.42 Å². The zero-order valence-electron chi connectivity index (χ0n) is 11.0. The van der Waals surface area contributed by atoms with Crippen molar-refractivity contribution < 1.29 is 4.42 Å². The third-order valence-corrected chi connectivity index (χ3v) is 3.45. The molecule has 0 saturated carbocycles. The summed E-state index contributed by atoms with van der Waals surface area (Å²) in [5.41, 5.74) is 0.943. The molecule has 4 heteroatoms. The van der Waals surface area contributed by atoms with Gasteiger partial charge in [0, 0.05) is 11.8 Å². The largest absolute Gasteiger partial charge is 0.403 e. The van der Waals surface area contributed by atoms with Crippen LogP contribution in [-0.2, 0) is 0 Å². The minimum atomic E-state index is -0.398. The van der Waals surface area contributed by atoms with Gasteiger partial charge in [0.15, 0.2) is 0 Å². The van der Waals surface area contributed by atoms with Crippen molar-refractivity contribution in [3.63, 3.8) is 0 Å². The van der Waals surface area contributed by atoms with E-state index in [1.165, 1.54) is 0 Å². The van der Waals surface area contributed by atoms with Gasteiger partial charge in [-0.3, -0.25) is 4.98 Å². The van der Waals surface area contributed by atoms with Gasteiger partial charge in [-0.2, -0.15) is 0 Å². The number of benzene rings is 2. The van der Waals surface area contributed by atoms with Crippen LogP contribution in [0.4, 0.5) is 0 Å². The first kappa shape index (κ1) is 11.8. The molecule has 0 amide bonds. The van der Waals surface area contributed by atoms with Crippen LogP contribution in [0.3, 0.4) is 0 Å². The molecule has 4 aromatic rings. The van der Waals surface area contributed by atoms with E-state index in [0.29, 0.717) is 16.8 Å². The lowest BCUT2D eigenvalue weighted by atomic mass is 10.0. The van der Waals surface area contributed by atoms with E-state index >= 15 is 0 Å². The van der Waals surface area contributed by atoms with Crippen LogP contribution in [-0.4, -0.2) is 9.97 Å². The maximum Gasteiger partial charge on any atom is 0.347 e. The van der Waals surface area contributed by atoms with Crippen LogP contribution in [0, 0.1) is 0 Å². The summed E-state index contributed by atoms with van der Waals surface area (Å²) >= 11 is 0. The second-order valence-corrected chi connectivity index (χ2v) is 4.73. The topological polar surface area (TPSA) is 56.0 Å². The third-order valence-electron chi connectivity index (χ3n) is 3.45. The molecule has 4 rings (SSSR count).